The number of hydrogen-bond acceptors (Lipinski definition) is 6. The highest BCUT2D eigenvalue weighted by atomic mass is 19.1. The minimum Gasteiger partial charge on any atom is -0.444 e. The average Bonchev–Trinajstić information content (AvgIpc) is 2.64. The van der Waals surface area contributed by atoms with Crippen molar-refractivity contribution in [1.82, 2.24) is 10.2 Å². The first kappa shape index (κ1) is 26.0. The lowest BCUT2D eigenvalue weighted by atomic mass is 9.95. The summed E-state index contributed by atoms with van der Waals surface area (Å²) >= 11 is 0. The number of nitrogens with one attached hydrogen (secondary N) is 1. The summed E-state index contributed by atoms with van der Waals surface area (Å²) < 4.78 is 43.9. The topological polar surface area (TPSA) is 97.3 Å². The number of amides is 2. The van der Waals surface area contributed by atoms with Gasteiger partial charge >= 0.3 is 6.09 Å². The zero-order valence-corrected chi connectivity index (χ0v) is 19.1. The molecule has 0 spiro atoms. The van der Waals surface area contributed by atoms with E-state index in [1.54, 1.807) is 27.7 Å². The Hall–Kier alpha value is -2.30. The largest absolute Gasteiger partial charge is 0.444 e. The van der Waals surface area contributed by atoms with E-state index in [9.17, 15) is 23.5 Å². The molecule has 32 heavy (non-hydrogen) atoms. The fourth-order valence-electron chi connectivity index (χ4n) is 3.51. The van der Waals surface area contributed by atoms with Crippen molar-refractivity contribution in [1.29, 1.82) is 0 Å². The Bertz CT molecular complexity index is 781. The van der Waals surface area contributed by atoms with Gasteiger partial charge in [0.25, 0.3) is 0 Å². The van der Waals surface area contributed by atoms with Crippen LogP contribution in [0, 0.1) is 11.6 Å². The van der Waals surface area contributed by atoms with Gasteiger partial charge in [-0.3, -0.25) is 9.69 Å². The van der Waals surface area contributed by atoms with Crippen LogP contribution in [0.2, 0.25) is 0 Å². The number of ether oxygens (including phenoxy) is 3. The molecule has 2 N–H and O–H groups in total. The van der Waals surface area contributed by atoms with Crippen molar-refractivity contribution in [2.45, 2.75) is 71.1 Å². The number of benzene rings is 1. The van der Waals surface area contributed by atoms with Crippen LogP contribution in [0.25, 0.3) is 0 Å². The molecule has 1 aliphatic rings. The molecule has 180 valence electrons. The third-order valence-electron chi connectivity index (χ3n) is 4.75. The first-order valence-corrected chi connectivity index (χ1v) is 10.5. The number of halogens is 2. The summed E-state index contributed by atoms with van der Waals surface area (Å²) in [5, 5.41) is 13.8. The highest BCUT2D eigenvalue weighted by Gasteiger charge is 2.42. The van der Waals surface area contributed by atoms with Gasteiger partial charge in [0.15, 0.2) is 6.29 Å². The quantitative estimate of drug-likeness (QED) is 0.651. The Kier molecular flexibility index (Phi) is 8.94. The van der Waals surface area contributed by atoms with Crippen molar-refractivity contribution in [3.8, 4) is 0 Å². The Labute approximate surface area is 186 Å². The molecule has 1 aliphatic heterocycles. The second kappa shape index (κ2) is 11.0. The minimum atomic E-state index is -1.32. The molecule has 0 saturated carbocycles. The maximum Gasteiger partial charge on any atom is 0.410 e. The third kappa shape index (κ3) is 7.68. The first-order chi connectivity index (χ1) is 14.9. The Morgan fingerprint density at radius 3 is 2.44 bits per heavy atom. The SMILES string of the molecule is CCOC1CN(C(=O)OC(C)(C)C)C([C@@H](O)[C@H](Cc2cc(F)cc(F)c2)NC(C)=O)CO1. The standard InChI is InChI=1S/C22H32F2N2O6/c1-6-30-19-11-26(21(29)32-22(3,4)5)18(12-31-19)20(28)17(25-13(2)27)9-14-7-15(23)10-16(24)8-14/h7-8,10,17-20,28H,6,9,11-12H2,1-5H3,(H,25,27)/t17-,18?,19?,20-/m0/s1. The summed E-state index contributed by atoms with van der Waals surface area (Å²) in [6.45, 7) is 8.48. The lowest BCUT2D eigenvalue weighted by Gasteiger charge is -2.43. The molecule has 8 nitrogen and oxygen atoms in total. The van der Waals surface area contributed by atoms with E-state index in [0.29, 0.717) is 6.61 Å². The monoisotopic (exact) mass is 458 g/mol. The molecule has 1 saturated heterocycles. The van der Waals surface area contributed by atoms with Crippen LogP contribution in [0.4, 0.5) is 13.6 Å². The molecule has 0 bridgehead atoms. The minimum absolute atomic E-state index is 0.00582. The molecule has 1 aromatic rings. The molecule has 1 heterocycles. The molecule has 0 radical (unpaired) electrons. The van der Waals surface area contributed by atoms with Crippen LogP contribution < -0.4 is 5.32 Å². The lowest BCUT2D eigenvalue weighted by molar-refractivity contribution is -0.201. The lowest BCUT2D eigenvalue weighted by Crippen LogP contribution is -2.62. The number of nitrogens with zero attached hydrogens (tertiary/aromatic N) is 1. The predicted octanol–water partition coefficient (Wildman–Crippen LogP) is 2.37. The van der Waals surface area contributed by atoms with E-state index in [1.807, 2.05) is 0 Å². The number of rotatable bonds is 7. The average molecular weight is 459 g/mol. The van der Waals surface area contributed by atoms with Crippen molar-refractivity contribution in [2.75, 3.05) is 19.8 Å². The third-order valence-corrected chi connectivity index (χ3v) is 4.75. The van der Waals surface area contributed by atoms with Crippen molar-refractivity contribution >= 4 is 12.0 Å². The number of aliphatic hydroxyl groups excluding tert-OH is 1. The van der Waals surface area contributed by atoms with E-state index >= 15 is 0 Å². The summed E-state index contributed by atoms with van der Waals surface area (Å²) in [5.74, 6) is -1.99. The van der Waals surface area contributed by atoms with Crippen LogP contribution in [0.1, 0.15) is 40.2 Å². The van der Waals surface area contributed by atoms with E-state index in [1.165, 1.54) is 11.8 Å². The van der Waals surface area contributed by atoms with Gasteiger partial charge in [0.05, 0.1) is 31.3 Å². The van der Waals surface area contributed by atoms with Crippen LogP contribution >= 0.6 is 0 Å². The molecule has 0 aromatic heterocycles. The number of morpholine rings is 1. The van der Waals surface area contributed by atoms with E-state index < -0.39 is 53.7 Å². The van der Waals surface area contributed by atoms with E-state index in [0.717, 1.165) is 18.2 Å². The van der Waals surface area contributed by atoms with Gasteiger partial charge in [-0.05, 0) is 51.8 Å². The first-order valence-electron chi connectivity index (χ1n) is 10.5. The van der Waals surface area contributed by atoms with Crippen molar-refractivity contribution < 1.29 is 37.7 Å². The smallest absolute Gasteiger partial charge is 0.410 e. The van der Waals surface area contributed by atoms with E-state index in [2.05, 4.69) is 5.32 Å². The summed E-state index contributed by atoms with van der Waals surface area (Å²) in [4.78, 5) is 26.0. The van der Waals surface area contributed by atoms with Gasteiger partial charge in [0.2, 0.25) is 5.91 Å². The van der Waals surface area contributed by atoms with Crippen LogP contribution in [-0.4, -0.2) is 71.8 Å². The molecule has 2 unspecified atom stereocenters. The molecule has 0 aliphatic carbocycles. The Balaban J connectivity index is 2.29. The van der Waals surface area contributed by atoms with Gasteiger partial charge in [-0.1, -0.05) is 0 Å². The summed E-state index contributed by atoms with van der Waals surface area (Å²) in [6.07, 6.45) is -2.76. The second-order valence-corrected chi connectivity index (χ2v) is 8.70. The zero-order valence-electron chi connectivity index (χ0n) is 19.1. The summed E-state index contributed by atoms with van der Waals surface area (Å²) in [6, 6.07) is 1.14. The molecule has 2 amide bonds. The van der Waals surface area contributed by atoms with Crippen molar-refractivity contribution in [2.24, 2.45) is 0 Å². The highest BCUT2D eigenvalue weighted by molar-refractivity contribution is 5.73. The number of carbonyl (C=O) groups excluding carboxylic acids is 2. The van der Waals surface area contributed by atoms with Gasteiger partial charge in [-0.15, -0.1) is 0 Å². The molecule has 10 heteroatoms. The number of hydrogen-bond donors (Lipinski definition) is 2. The Morgan fingerprint density at radius 1 is 1.28 bits per heavy atom. The Morgan fingerprint density at radius 2 is 1.91 bits per heavy atom. The van der Waals surface area contributed by atoms with Gasteiger partial charge in [0, 0.05) is 19.6 Å². The van der Waals surface area contributed by atoms with Crippen LogP contribution in [0.3, 0.4) is 0 Å². The maximum atomic E-state index is 13.6. The molecule has 4 atom stereocenters. The normalized spacial score (nSPS) is 21.1. The van der Waals surface area contributed by atoms with Gasteiger partial charge in [0.1, 0.15) is 17.2 Å². The summed E-state index contributed by atoms with van der Waals surface area (Å²) in [5.41, 5.74) is -0.532. The van der Waals surface area contributed by atoms with E-state index in [4.69, 9.17) is 14.2 Å². The number of aliphatic hydroxyl groups is 1. The fourth-order valence-corrected chi connectivity index (χ4v) is 3.51. The van der Waals surface area contributed by atoms with Gasteiger partial charge in [-0.2, -0.15) is 0 Å². The maximum absolute atomic E-state index is 13.6. The van der Waals surface area contributed by atoms with Gasteiger partial charge in [-0.25, -0.2) is 13.6 Å². The van der Waals surface area contributed by atoms with Gasteiger partial charge < -0.3 is 24.6 Å². The molecular formula is C22H32F2N2O6. The highest BCUT2D eigenvalue weighted by Crippen LogP contribution is 2.23. The van der Waals surface area contributed by atoms with E-state index in [-0.39, 0.29) is 25.1 Å². The fraction of sp³-hybridized carbons (Fsp3) is 0.636. The molecule has 1 aromatic carbocycles. The molecule has 2 rings (SSSR count). The van der Waals surface area contributed by atoms with Crippen molar-refractivity contribution in [3.05, 3.63) is 35.4 Å². The zero-order chi connectivity index (χ0) is 24.1. The van der Waals surface area contributed by atoms with Crippen molar-refractivity contribution in [3.63, 3.8) is 0 Å². The summed E-state index contributed by atoms with van der Waals surface area (Å²) in [7, 11) is 0. The second-order valence-electron chi connectivity index (χ2n) is 8.70. The number of carbonyl (C=O) groups is 2. The van der Waals surface area contributed by atoms with Crippen LogP contribution in [0.15, 0.2) is 18.2 Å². The van der Waals surface area contributed by atoms with Crippen LogP contribution in [-0.2, 0) is 25.4 Å². The molecular weight excluding hydrogens is 426 g/mol. The predicted molar refractivity (Wildman–Crippen MR) is 112 cm³/mol. The van der Waals surface area contributed by atoms with Crippen LogP contribution in [0.5, 0.6) is 0 Å². The molecule has 1 fully saturated rings.